The van der Waals surface area contributed by atoms with Gasteiger partial charge >= 0.3 is 0 Å². The number of hydrogen-bond acceptors (Lipinski definition) is 3. The lowest BCUT2D eigenvalue weighted by atomic mass is 9.67. The van der Waals surface area contributed by atoms with Crippen molar-refractivity contribution in [3.63, 3.8) is 0 Å². The normalized spacial score (nSPS) is 18.7. The molecule has 1 aromatic heterocycles. The maximum Gasteiger partial charge on any atom is 0.117 e. The van der Waals surface area contributed by atoms with Crippen LogP contribution in [-0.4, -0.2) is 18.3 Å². The van der Waals surface area contributed by atoms with Crippen LogP contribution < -0.4 is 5.32 Å². The number of rotatable bonds is 6. The molecule has 1 heterocycles. The van der Waals surface area contributed by atoms with Crippen LogP contribution in [0.15, 0.2) is 22.8 Å². The third-order valence-corrected chi connectivity index (χ3v) is 3.44. The van der Waals surface area contributed by atoms with E-state index in [1.165, 1.54) is 19.3 Å². The molecular formula is C12H19NO2. The topological polar surface area (TPSA) is 45.4 Å². The predicted molar refractivity (Wildman–Crippen MR) is 58.4 cm³/mol. The highest BCUT2D eigenvalue weighted by atomic mass is 16.3. The zero-order valence-electron chi connectivity index (χ0n) is 9.04. The van der Waals surface area contributed by atoms with Crippen LogP contribution in [0, 0.1) is 5.41 Å². The van der Waals surface area contributed by atoms with E-state index in [0.717, 1.165) is 25.3 Å². The van der Waals surface area contributed by atoms with Gasteiger partial charge in [0.1, 0.15) is 5.76 Å². The first-order valence-electron chi connectivity index (χ1n) is 5.69. The zero-order chi connectivity index (χ0) is 10.6. The molecule has 0 atom stereocenters. The lowest BCUT2D eigenvalue weighted by Gasteiger charge is -2.42. The van der Waals surface area contributed by atoms with Gasteiger partial charge in [0, 0.05) is 13.2 Å². The van der Waals surface area contributed by atoms with Gasteiger partial charge in [-0.25, -0.2) is 0 Å². The van der Waals surface area contributed by atoms with Crippen molar-refractivity contribution < 1.29 is 9.52 Å². The molecule has 0 saturated heterocycles. The highest BCUT2D eigenvalue weighted by Crippen LogP contribution is 2.43. The molecule has 3 nitrogen and oxygen atoms in total. The van der Waals surface area contributed by atoms with Crippen LogP contribution in [0.4, 0.5) is 0 Å². The van der Waals surface area contributed by atoms with E-state index in [4.69, 9.17) is 9.52 Å². The lowest BCUT2D eigenvalue weighted by Crippen LogP contribution is -2.40. The lowest BCUT2D eigenvalue weighted by molar-refractivity contribution is 0.0854. The average molecular weight is 209 g/mol. The van der Waals surface area contributed by atoms with Crippen LogP contribution in [0.25, 0.3) is 0 Å². The van der Waals surface area contributed by atoms with Crippen molar-refractivity contribution in [3.8, 4) is 0 Å². The van der Waals surface area contributed by atoms with Gasteiger partial charge in [-0.05, 0) is 36.8 Å². The van der Waals surface area contributed by atoms with Gasteiger partial charge in [0.2, 0.25) is 0 Å². The molecule has 2 N–H and O–H groups in total. The second-order valence-electron chi connectivity index (χ2n) is 4.51. The van der Waals surface area contributed by atoms with Gasteiger partial charge in [0.15, 0.2) is 0 Å². The van der Waals surface area contributed by atoms with E-state index in [9.17, 15) is 0 Å². The molecule has 2 rings (SSSR count). The van der Waals surface area contributed by atoms with E-state index in [-0.39, 0.29) is 0 Å². The molecule has 1 aliphatic carbocycles. The zero-order valence-corrected chi connectivity index (χ0v) is 9.04. The highest BCUT2D eigenvalue weighted by molar-refractivity contribution is 4.98. The molecule has 0 amide bonds. The molecule has 1 aliphatic rings. The van der Waals surface area contributed by atoms with Gasteiger partial charge in [-0.2, -0.15) is 0 Å². The van der Waals surface area contributed by atoms with Crippen LogP contribution >= 0.6 is 0 Å². The molecule has 15 heavy (non-hydrogen) atoms. The Labute approximate surface area is 90.5 Å². The van der Waals surface area contributed by atoms with Crippen LogP contribution in [0.5, 0.6) is 0 Å². The summed E-state index contributed by atoms with van der Waals surface area (Å²) in [4.78, 5) is 0. The van der Waals surface area contributed by atoms with Gasteiger partial charge in [0.05, 0.1) is 12.8 Å². The van der Waals surface area contributed by atoms with Crippen LogP contribution in [-0.2, 0) is 6.54 Å². The Morgan fingerprint density at radius 1 is 1.47 bits per heavy atom. The maximum absolute atomic E-state index is 9.00. The highest BCUT2D eigenvalue weighted by Gasteiger charge is 2.35. The van der Waals surface area contributed by atoms with Crippen molar-refractivity contribution in [3.05, 3.63) is 24.2 Å². The third-order valence-electron chi connectivity index (χ3n) is 3.44. The van der Waals surface area contributed by atoms with E-state index < -0.39 is 0 Å². The molecule has 0 radical (unpaired) electrons. The van der Waals surface area contributed by atoms with Crippen LogP contribution in [0.2, 0.25) is 0 Å². The van der Waals surface area contributed by atoms with E-state index >= 15 is 0 Å². The first-order valence-corrected chi connectivity index (χ1v) is 5.69. The quantitative estimate of drug-likeness (QED) is 0.752. The van der Waals surface area contributed by atoms with E-state index in [0.29, 0.717) is 12.0 Å². The SMILES string of the molecule is OCCC1(CNCc2ccco2)CCC1. The fourth-order valence-electron chi connectivity index (χ4n) is 2.29. The summed E-state index contributed by atoms with van der Waals surface area (Å²) in [5, 5.41) is 12.4. The van der Waals surface area contributed by atoms with Crippen molar-refractivity contribution >= 4 is 0 Å². The maximum atomic E-state index is 9.00. The Morgan fingerprint density at radius 2 is 2.33 bits per heavy atom. The summed E-state index contributed by atoms with van der Waals surface area (Å²) in [5.74, 6) is 0.980. The summed E-state index contributed by atoms with van der Waals surface area (Å²) in [7, 11) is 0. The third kappa shape index (κ3) is 2.61. The Bertz CT molecular complexity index is 278. The monoisotopic (exact) mass is 209 g/mol. The molecule has 1 fully saturated rings. The molecule has 0 unspecified atom stereocenters. The van der Waals surface area contributed by atoms with Gasteiger partial charge < -0.3 is 14.8 Å². The summed E-state index contributed by atoms with van der Waals surface area (Å²) in [6, 6.07) is 3.89. The minimum atomic E-state index is 0.308. The van der Waals surface area contributed by atoms with Crippen molar-refractivity contribution in [2.24, 2.45) is 5.41 Å². The first-order chi connectivity index (χ1) is 7.35. The Hall–Kier alpha value is -0.800. The summed E-state index contributed by atoms with van der Waals surface area (Å²) in [6.45, 7) is 2.09. The Balaban J connectivity index is 1.72. The number of furan rings is 1. The first kappa shape index (κ1) is 10.7. The van der Waals surface area contributed by atoms with Gasteiger partial charge in [-0.15, -0.1) is 0 Å². The summed E-state index contributed by atoms with van der Waals surface area (Å²) < 4.78 is 5.25. The van der Waals surface area contributed by atoms with E-state index in [2.05, 4.69) is 5.32 Å². The average Bonchev–Trinajstić information content (AvgIpc) is 2.67. The standard InChI is InChI=1S/C12H19NO2/c14-7-6-12(4-2-5-12)10-13-9-11-3-1-8-15-11/h1,3,8,13-14H,2,4-7,9-10H2. The molecule has 1 saturated carbocycles. The predicted octanol–water partition coefficient (Wildman–Crippen LogP) is 1.92. The van der Waals surface area contributed by atoms with Crippen LogP contribution in [0.1, 0.15) is 31.4 Å². The van der Waals surface area contributed by atoms with E-state index in [1.807, 2.05) is 12.1 Å². The second-order valence-corrected chi connectivity index (χ2v) is 4.51. The number of aliphatic hydroxyl groups excluding tert-OH is 1. The molecule has 3 heteroatoms. The fourth-order valence-corrected chi connectivity index (χ4v) is 2.29. The Kier molecular flexibility index (Phi) is 3.44. The summed E-state index contributed by atoms with van der Waals surface area (Å²) in [6.07, 6.45) is 6.43. The summed E-state index contributed by atoms with van der Waals surface area (Å²) in [5.41, 5.74) is 0.362. The van der Waals surface area contributed by atoms with E-state index in [1.54, 1.807) is 6.26 Å². The second kappa shape index (κ2) is 4.81. The largest absolute Gasteiger partial charge is 0.468 e. The number of hydrogen-bond donors (Lipinski definition) is 2. The van der Waals surface area contributed by atoms with Crippen molar-refractivity contribution in [1.82, 2.24) is 5.32 Å². The molecular weight excluding hydrogens is 190 g/mol. The molecule has 0 aliphatic heterocycles. The van der Waals surface area contributed by atoms with Crippen molar-refractivity contribution in [1.29, 1.82) is 0 Å². The molecule has 0 bridgehead atoms. The number of nitrogens with one attached hydrogen (secondary N) is 1. The van der Waals surface area contributed by atoms with Crippen molar-refractivity contribution in [2.75, 3.05) is 13.2 Å². The van der Waals surface area contributed by atoms with Gasteiger partial charge in [0.25, 0.3) is 0 Å². The smallest absolute Gasteiger partial charge is 0.117 e. The minimum absolute atomic E-state index is 0.308. The fraction of sp³-hybridized carbons (Fsp3) is 0.667. The van der Waals surface area contributed by atoms with Gasteiger partial charge in [-0.1, -0.05) is 6.42 Å². The minimum Gasteiger partial charge on any atom is -0.468 e. The van der Waals surface area contributed by atoms with Crippen molar-refractivity contribution in [2.45, 2.75) is 32.2 Å². The molecule has 0 spiro atoms. The van der Waals surface area contributed by atoms with Gasteiger partial charge in [-0.3, -0.25) is 0 Å². The molecule has 84 valence electrons. The molecule has 0 aromatic carbocycles. The summed E-state index contributed by atoms with van der Waals surface area (Å²) >= 11 is 0. The molecule has 1 aromatic rings. The Morgan fingerprint density at radius 3 is 2.87 bits per heavy atom. The number of aliphatic hydroxyl groups is 1. The van der Waals surface area contributed by atoms with Crippen LogP contribution in [0.3, 0.4) is 0 Å².